The highest BCUT2D eigenvalue weighted by atomic mass is 35.5. The van der Waals surface area contributed by atoms with Crippen molar-refractivity contribution in [3.8, 4) is 22.8 Å². The van der Waals surface area contributed by atoms with Gasteiger partial charge in [0, 0.05) is 42.4 Å². The number of hydrogen-bond acceptors (Lipinski definition) is 7. The molecule has 0 spiro atoms. The van der Waals surface area contributed by atoms with Gasteiger partial charge in [0.15, 0.2) is 0 Å². The molecule has 0 saturated carbocycles. The van der Waals surface area contributed by atoms with Gasteiger partial charge in [-0.05, 0) is 6.07 Å². The fourth-order valence-corrected chi connectivity index (χ4v) is 3.43. The van der Waals surface area contributed by atoms with Crippen LogP contribution in [0.25, 0.3) is 22.4 Å². The normalized spacial score (nSPS) is 10.8. The smallest absolute Gasteiger partial charge is 0.266 e. The number of nitrogens with one attached hydrogen (secondary N) is 1. The molecule has 4 rings (SSSR count). The Balaban J connectivity index is 1.55. The lowest BCUT2D eigenvalue weighted by Gasteiger charge is -2.10. The molecule has 0 fully saturated rings. The van der Waals surface area contributed by atoms with E-state index >= 15 is 0 Å². The molecule has 0 aliphatic carbocycles. The Kier molecular flexibility index (Phi) is 6.09. The predicted molar refractivity (Wildman–Crippen MR) is 119 cm³/mol. The number of methoxy groups -OCH3 is 2. The number of fused-ring (bicyclic) bond motifs is 1. The van der Waals surface area contributed by atoms with Crippen molar-refractivity contribution < 1.29 is 18.8 Å². The lowest BCUT2D eigenvalue weighted by Crippen LogP contribution is -2.23. The number of anilines is 1. The van der Waals surface area contributed by atoms with Crippen LogP contribution in [-0.4, -0.2) is 34.8 Å². The molecule has 1 N–H and O–H groups in total. The summed E-state index contributed by atoms with van der Waals surface area (Å²) in [6, 6.07) is 12.1. The zero-order valence-corrected chi connectivity index (χ0v) is 18.0. The number of nitrogens with zero attached hydrogens (tertiary/aromatic N) is 3. The number of amides is 1. The van der Waals surface area contributed by atoms with Crippen molar-refractivity contribution in [3.05, 3.63) is 64.2 Å². The van der Waals surface area contributed by atoms with E-state index in [1.165, 1.54) is 25.1 Å². The maximum Gasteiger partial charge on any atom is 0.266 e. The van der Waals surface area contributed by atoms with Crippen molar-refractivity contribution in [2.75, 3.05) is 19.5 Å². The number of carbonyl (C=O) groups is 1. The van der Waals surface area contributed by atoms with Crippen molar-refractivity contribution in [2.24, 2.45) is 0 Å². The van der Waals surface area contributed by atoms with Gasteiger partial charge in [-0.2, -0.15) is 0 Å². The first kappa shape index (κ1) is 21.4. The minimum atomic E-state index is -0.373. The van der Waals surface area contributed by atoms with Crippen LogP contribution in [0, 0.1) is 0 Å². The minimum Gasteiger partial charge on any atom is -0.497 e. The molecule has 9 nitrogen and oxygen atoms in total. The molecule has 0 radical (unpaired) electrons. The molecule has 0 unspecified atom stereocenters. The number of ether oxygens (including phenoxy) is 2. The quantitative estimate of drug-likeness (QED) is 0.453. The van der Waals surface area contributed by atoms with Crippen LogP contribution in [0.1, 0.15) is 6.42 Å². The third-order valence-corrected chi connectivity index (χ3v) is 5.14. The number of halogens is 1. The monoisotopic (exact) mass is 454 g/mol. The van der Waals surface area contributed by atoms with Crippen LogP contribution in [-0.2, 0) is 11.3 Å². The summed E-state index contributed by atoms with van der Waals surface area (Å²) in [5, 5.41) is 7.39. The fourth-order valence-electron chi connectivity index (χ4n) is 3.20. The van der Waals surface area contributed by atoms with Gasteiger partial charge in [-0.25, -0.2) is 4.98 Å². The third kappa shape index (κ3) is 4.28. The Morgan fingerprint density at radius 2 is 1.88 bits per heavy atom. The summed E-state index contributed by atoms with van der Waals surface area (Å²) in [7, 11) is 3.05. The second kappa shape index (κ2) is 9.11. The summed E-state index contributed by atoms with van der Waals surface area (Å²) < 4.78 is 17.0. The second-order valence-electron chi connectivity index (χ2n) is 6.83. The Morgan fingerprint density at radius 1 is 1.16 bits per heavy atom. The standard InChI is InChI=1S/C22H19ClN4O5/c1-30-14-9-13(10-15(11-14)31-2)25-18(28)7-8-27-12-24-21-19(22(27)29)20(26-32-21)16-5-3-4-6-17(16)23/h3-6,9-12H,7-8H2,1-2H3,(H,25,28). The molecule has 0 aliphatic rings. The number of aryl methyl sites for hydroxylation is 1. The minimum absolute atomic E-state index is 0.0410. The van der Waals surface area contributed by atoms with Crippen LogP contribution >= 0.6 is 11.6 Å². The molecule has 4 aromatic rings. The van der Waals surface area contributed by atoms with E-state index in [4.69, 9.17) is 25.6 Å². The van der Waals surface area contributed by atoms with E-state index in [0.29, 0.717) is 33.5 Å². The molecule has 0 bridgehead atoms. The van der Waals surface area contributed by atoms with Gasteiger partial charge in [-0.3, -0.25) is 14.2 Å². The van der Waals surface area contributed by atoms with E-state index in [-0.39, 0.29) is 35.5 Å². The fraction of sp³-hybridized carbons (Fsp3) is 0.182. The second-order valence-corrected chi connectivity index (χ2v) is 7.24. The van der Waals surface area contributed by atoms with Gasteiger partial charge in [0.2, 0.25) is 5.91 Å². The number of benzene rings is 2. The first-order valence-electron chi connectivity index (χ1n) is 9.63. The van der Waals surface area contributed by atoms with Crippen LogP contribution in [0.5, 0.6) is 11.5 Å². The van der Waals surface area contributed by atoms with Crippen molar-refractivity contribution in [1.29, 1.82) is 0 Å². The van der Waals surface area contributed by atoms with E-state index in [1.54, 1.807) is 42.5 Å². The number of rotatable bonds is 7. The lowest BCUT2D eigenvalue weighted by atomic mass is 10.1. The molecule has 0 atom stereocenters. The van der Waals surface area contributed by atoms with Crippen LogP contribution in [0.3, 0.4) is 0 Å². The van der Waals surface area contributed by atoms with Gasteiger partial charge in [0.05, 0.1) is 19.2 Å². The summed E-state index contributed by atoms with van der Waals surface area (Å²) in [6.45, 7) is 0.113. The van der Waals surface area contributed by atoms with Crippen molar-refractivity contribution >= 4 is 34.3 Å². The van der Waals surface area contributed by atoms with Gasteiger partial charge < -0.3 is 19.3 Å². The van der Waals surface area contributed by atoms with Gasteiger partial charge in [-0.15, -0.1) is 0 Å². The third-order valence-electron chi connectivity index (χ3n) is 4.81. The Morgan fingerprint density at radius 3 is 2.56 bits per heavy atom. The average Bonchev–Trinajstić information content (AvgIpc) is 3.23. The van der Waals surface area contributed by atoms with Crippen LogP contribution in [0.4, 0.5) is 5.69 Å². The van der Waals surface area contributed by atoms with Gasteiger partial charge >= 0.3 is 0 Å². The Hall–Kier alpha value is -3.85. The van der Waals surface area contributed by atoms with Gasteiger partial charge in [0.1, 0.15) is 28.9 Å². The lowest BCUT2D eigenvalue weighted by molar-refractivity contribution is -0.116. The largest absolute Gasteiger partial charge is 0.497 e. The van der Waals surface area contributed by atoms with Crippen LogP contribution < -0.4 is 20.3 Å². The zero-order valence-electron chi connectivity index (χ0n) is 17.3. The maximum absolute atomic E-state index is 13.0. The number of carbonyl (C=O) groups excluding carboxylic acids is 1. The first-order valence-corrected chi connectivity index (χ1v) is 10.0. The number of aromatic nitrogens is 3. The van der Waals surface area contributed by atoms with Crippen LogP contribution in [0.2, 0.25) is 5.02 Å². The summed E-state index contributed by atoms with van der Waals surface area (Å²) in [6.07, 6.45) is 1.37. The predicted octanol–water partition coefficient (Wildman–Crippen LogP) is 3.75. The summed E-state index contributed by atoms with van der Waals surface area (Å²) in [4.78, 5) is 29.7. The number of hydrogen-bond donors (Lipinski definition) is 1. The van der Waals surface area contributed by atoms with Crippen molar-refractivity contribution in [2.45, 2.75) is 13.0 Å². The van der Waals surface area contributed by atoms with Gasteiger partial charge in [0.25, 0.3) is 11.3 Å². The van der Waals surface area contributed by atoms with Crippen molar-refractivity contribution in [1.82, 2.24) is 14.7 Å². The molecular formula is C22H19ClN4O5. The topological polar surface area (TPSA) is 108 Å². The van der Waals surface area contributed by atoms with E-state index in [2.05, 4.69) is 15.5 Å². The molecule has 2 aromatic heterocycles. The SMILES string of the molecule is COc1cc(NC(=O)CCn2cnc3onc(-c4ccccc4Cl)c3c2=O)cc(OC)c1. The molecule has 0 aliphatic heterocycles. The highest BCUT2D eigenvalue weighted by Gasteiger charge is 2.19. The van der Waals surface area contributed by atoms with Crippen molar-refractivity contribution in [3.63, 3.8) is 0 Å². The van der Waals surface area contributed by atoms with E-state index in [9.17, 15) is 9.59 Å². The highest BCUT2D eigenvalue weighted by molar-refractivity contribution is 6.33. The van der Waals surface area contributed by atoms with E-state index in [1.807, 2.05) is 0 Å². The van der Waals surface area contributed by atoms with Crippen LogP contribution in [0.15, 0.2) is 58.1 Å². The summed E-state index contributed by atoms with van der Waals surface area (Å²) in [5.74, 6) is 0.805. The average molecular weight is 455 g/mol. The molecule has 2 heterocycles. The molecule has 2 aromatic carbocycles. The van der Waals surface area contributed by atoms with Gasteiger partial charge in [-0.1, -0.05) is 35.0 Å². The molecular weight excluding hydrogens is 436 g/mol. The Labute approximate surface area is 187 Å². The Bertz CT molecular complexity index is 1330. The highest BCUT2D eigenvalue weighted by Crippen LogP contribution is 2.30. The summed E-state index contributed by atoms with van der Waals surface area (Å²) in [5.41, 5.74) is 1.13. The first-order chi connectivity index (χ1) is 15.5. The maximum atomic E-state index is 13.0. The molecule has 0 saturated heterocycles. The molecule has 164 valence electrons. The van der Waals surface area contributed by atoms with E-state index < -0.39 is 0 Å². The van der Waals surface area contributed by atoms with E-state index in [0.717, 1.165) is 0 Å². The molecule has 1 amide bonds. The zero-order chi connectivity index (χ0) is 22.7. The summed E-state index contributed by atoms with van der Waals surface area (Å²) >= 11 is 6.25. The molecule has 32 heavy (non-hydrogen) atoms. The molecule has 10 heteroatoms.